The standard InChI is InChI=1S/C10H12ClN3O3S/c1-13(2)4-12-6-8(15)14-7(10(16)17)5(11)3-18-9(6)14/h4,6,9H,3H2,1-2H3,(H,16,17)/t6-,9+/m1/s1. The molecule has 2 atom stereocenters. The van der Waals surface area contributed by atoms with E-state index in [0.29, 0.717) is 5.75 Å². The Balaban J connectivity index is 2.21. The molecule has 0 aromatic rings. The fourth-order valence-corrected chi connectivity index (χ4v) is 3.31. The van der Waals surface area contributed by atoms with Crippen LogP contribution in [0.2, 0.25) is 0 Å². The molecule has 98 valence electrons. The molecular weight excluding hydrogens is 278 g/mol. The maximum absolute atomic E-state index is 11.9. The molecule has 0 saturated carbocycles. The van der Waals surface area contributed by atoms with Gasteiger partial charge < -0.3 is 10.0 Å². The molecule has 8 heteroatoms. The maximum atomic E-state index is 11.9. The SMILES string of the molecule is CN(C)C=N[C@@H]1C(=O)N2C(C(=O)O)=C(Cl)CS[C@@H]12. The van der Waals surface area contributed by atoms with Crippen LogP contribution in [0.5, 0.6) is 0 Å². The van der Waals surface area contributed by atoms with Crippen molar-refractivity contribution in [1.29, 1.82) is 0 Å². The third kappa shape index (κ3) is 2.08. The molecular formula is C10H12ClN3O3S. The predicted octanol–water partition coefficient (Wildman–Crippen LogP) is 0.395. The second-order valence-corrected chi connectivity index (χ2v) is 5.70. The van der Waals surface area contributed by atoms with E-state index in [2.05, 4.69) is 4.99 Å². The number of rotatable bonds is 3. The number of carbonyl (C=O) groups is 2. The molecule has 1 N–H and O–H groups in total. The monoisotopic (exact) mass is 289 g/mol. The minimum atomic E-state index is -1.17. The van der Waals surface area contributed by atoms with Crippen molar-refractivity contribution in [3.05, 3.63) is 10.7 Å². The number of halogens is 1. The van der Waals surface area contributed by atoms with Gasteiger partial charge in [0, 0.05) is 19.8 Å². The fraction of sp³-hybridized carbons (Fsp3) is 0.500. The number of hydrogen-bond donors (Lipinski definition) is 1. The normalized spacial score (nSPS) is 27.3. The molecule has 0 bridgehead atoms. The van der Waals surface area contributed by atoms with E-state index in [1.54, 1.807) is 25.3 Å². The number of aliphatic imine (C=N–C) groups is 1. The van der Waals surface area contributed by atoms with Crippen molar-refractivity contribution in [3.63, 3.8) is 0 Å². The summed E-state index contributed by atoms with van der Waals surface area (Å²) >= 11 is 7.28. The summed E-state index contributed by atoms with van der Waals surface area (Å²) in [4.78, 5) is 30.1. The van der Waals surface area contributed by atoms with E-state index < -0.39 is 12.0 Å². The molecule has 2 heterocycles. The number of thioether (sulfide) groups is 1. The average molecular weight is 290 g/mol. The highest BCUT2D eigenvalue weighted by Crippen LogP contribution is 2.42. The van der Waals surface area contributed by atoms with Crippen LogP contribution in [0.1, 0.15) is 0 Å². The molecule has 0 radical (unpaired) electrons. The van der Waals surface area contributed by atoms with Gasteiger partial charge in [0.1, 0.15) is 11.1 Å². The third-order valence-corrected chi connectivity index (χ3v) is 4.29. The summed E-state index contributed by atoms with van der Waals surface area (Å²) in [7, 11) is 3.61. The lowest BCUT2D eigenvalue weighted by Gasteiger charge is -2.47. The minimum Gasteiger partial charge on any atom is -0.477 e. The Morgan fingerprint density at radius 3 is 2.89 bits per heavy atom. The summed E-state index contributed by atoms with van der Waals surface area (Å²) in [5.74, 6) is -1.10. The first-order valence-electron chi connectivity index (χ1n) is 5.20. The maximum Gasteiger partial charge on any atom is 0.353 e. The molecule has 0 aliphatic carbocycles. The van der Waals surface area contributed by atoms with Gasteiger partial charge in [-0.25, -0.2) is 4.79 Å². The van der Waals surface area contributed by atoms with Gasteiger partial charge in [-0.2, -0.15) is 0 Å². The van der Waals surface area contributed by atoms with E-state index in [-0.39, 0.29) is 22.0 Å². The fourth-order valence-electron chi connectivity index (χ4n) is 1.77. The van der Waals surface area contributed by atoms with E-state index in [1.807, 2.05) is 0 Å². The van der Waals surface area contributed by atoms with Crippen LogP contribution in [-0.2, 0) is 9.59 Å². The molecule has 0 unspecified atom stereocenters. The van der Waals surface area contributed by atoms with Crippen molar-refractivity contribution >= 4 is 41.6 Å². The highest BCUT2D eigenvalue weighted by atomic mass is 35.5. The zero-order chi connectivity index (χ0) is 13.4. The largest absolute Gasteiger partial charge is 0.477 e. The van der Waals surface area contributed by atoms with E-state index in [1.165, 1.54) is 16.7 Å². The van der Waals surface area contributed by atoms with E-state index in [0.717, 1.165) is 0 Å². The molecule has 0 aromatic carbocycles. The van der Waals surface area contributed by atoms with Crippen LogP contribution in [0.3, 0.4) is 0 Å². The van der Waals surface area contributed by atoms with Crippen LogP contribution in [0.25, 0.3) is 0 Å². The summed E-state index contributed by atoms with van der Waals surface area (Å²) in [5, 5.41) is 9.00. The van der Waals surface area contributed by atoms with Crippen molar-refractivity contribution in [2.24, 2.45) is 4.99 Å². The molecule has 2 aliphatic heterocycles. The Morgan fingerprint density at radius 2 is 2.33 bits per heavy atom. The Hall–Kier alpha value is -1.21. The summed E-state index contributed by atoms with van der Waals surface area (Å²) in [6.07, 6.45) is 1.56. The summed E-state index contributed by atoms with van der Waals surface area (Å²) in [6.45, 7) is 0. The van der Waals surface area contributed by atoms with Gasteiger partial charge in [0.15, 0.2) is 6.04 Å². The number of carboxylic acid groups (broad SMARTS) is 1. The Labute approximate surface area is 113 Å². The lowest BCUT2D eigenvalue weighted by Crippen LogP contribution is -2.64. The number of amides is 1. The molecule has 0 aromatic heterocycles. The van der Waals surface area contributed by atoms with Crippen molar-refractivity contribution in [1.82, 2.24) is 9.80 Å². The highest BCUT2D eigenvalue weighted by Gasteiger charge is 2.53. The molecule has 6 nitrogen and oxygen atoms in total. The van der Waals surface area contributed by atoms with E-state index in [9.17, 15) is 9.59 Å². The van der Waals surface area contributed by atoms with Gasteiger partial charge in [-0.15, -0.1) is 11.8 Å². The molecule has 2 rings (SSSR count). The Bertz CT molecular complexity index is 463. The van der Waals surface area contributed by atoms with Crippen LogP contribution in [0, 0.1) is 0 Å². The highest BCUT2D eigenvalue weighted by molar-refractivity contribution is 8.00. The summed E-state index contributed by atoms with van der Waals surface area (Å²) in [6, 6.07) is -0.517. The van der Waals surface area contributed by atoms with Crippen molar-refractivity contribution in [3.8, 4) is 0 Å². The van der Waals surface area contributed by atoms with Gasteiger partial charge >= 0.3 is 5.97 Å². The molecule has 1 amide bonds. The second-order valence-electron chi connectivity index (χ2n) is 4.14. The zero-order valence-corrected chi connectivity index (χ0v) is 11.4. The topological polar surface area (TPSA) is 73.2 Å². The van der Waals surface area contributed by atoms with Crippen LogP contribution in [0.15, 0.2) is 15.7 Å². The first kappa shape index (κ1) is 13.2. The van der Waals surface area contributed by atoms with Crippen molar-refractivity contribution in [2.75, 3.05) is 19.8 Å². The molecule has 1 saturated heterocycles. The Kier molecular flexibility index (Phi) is 3.54. The van der Waals surface area contributed by atoms with Crippen LogP contribution in [0.4, 0.5) is 0 Å². The van der Waals surface area contributed by atoms with Crippen LogP contribution in [-0.4, -0.2) is 64.4 Å². The third-order valence-electron chi connectivity index (χ3n) is 2.55. The van der Waals surface area contributed by atoms with E-state index in [4.69, 9.17) is 16.7 Å². The number of fused-ring (bicyclic) bond motifs is 1. The molecule has 2 aliphatic rings. The summed E-state index contributed by atoms with van der Waals surface area (Å²) in [5.41, 5.74) is -0.110. The lowest BCUT2D eigenvalue weighted by molar-refractivity contribution is -0.147. The molecule has 1 fully saturated rings. The number of nitrogens with zero attached hydrogens (tertiary/aromatic N) is 3. The van der Waals surface area contributed by atoms with Gasteiger partial charge in [0.05, 0.1) is 11.4 Å². The molecule has 18 heavy (non-hydrogen) atoms. The zero-order valence-electron chi connectivity index (χ0n) is 9.83. The number of carbonyl (C=O) groups excluding carboxylic acids is 1. The van der Waals surface area contributed by atoms with Gasteiger partial charge in [-0.05, 0) is 0 Å². The van der Waals surface area contributed by atoms with Gasteiger partial charge in [-0.3, -0.25) is 14.7 Å². The predicted molar refractivity (Wildman–Crippen MR) is 69.6 cm³/mol. The first-order valence-corrected chi connectivity index (χ1v) is 6.62. The van der Waals surface area contributed by atoms with Crippen LogP contribution < -0.4 is 0 Å². The van der Waals surface area contributed by atoms with Gasteiger partial charge in [0.2, 0.25) is 0 Å². The average Bonchev–Trinajstić information content (AvgIpc) is 2.28. The van der Waals surface area contributed by atoms with Gasteiger partial charge in [-0.1, -0.05) is 11.6 Å². The number of carboxylic acids is 1. The number of hydrogen-bond acceptors (Lipinski definition) is 4. The minimum absolute atomic E-state index is 0.110. The van der Waals surface area contributed by atoms with Crippen molar-refractivity contribution in [2.45, 2.75) is 11.4 Å². The smallest absolute Gasteiger partial charge is 0.353 e. The number of β-lactam (4-membered cyclic amide) rings is 1. The Morgan fingerprint density at radius 1 is 1.67 bits per heavy atom. The van der Waals surface area contributed by atoms with Crippen molar-refractivity contribution < 1.29 is 14.7 Å². The quantitative estimate of drug-likeness (QED) is 0.462. The molecule has 0 spiro atoms. The van der Waals surface area contributed by atoms with Gasteiger partial charge in [0.25, 0.3) is 5.91 Å². The summed E-state index contributed by atoms with van der Waals surface area (Å²) < 4.78 is 0. The van der Waals surface area contributed by atoms with Crippen LogP contribution >= 0.6 is 23.4 Å². The van der Waals surface area contributed by atoms with E-state index >= 15 is 0 Å². The second kappa shape index (κ2) is 4.81. The number of aliphatic carboxylic acids is 1. The first-order chi connectivity index (χ1) is 8.43. The lowest BCUT2D eigenvalue weighted by atomic mass is 10.1.